The average Bonchev–Trinajstić information content (AvgIpc) is 2.74. The lowest BCUT2D eigenvalue weighted by atomic mass is 9.93. The monoisotopic (exact) mass is 334 g/mol. The van der Waals surface area contributed by atoms with Crippen LogP contribution in [0, 0.1) is 0 Å². The summed E-state index contributed by atoms with van der Waals surface area (Å²) in [4.78, 5) is 8.82. The van der Waals surface area contributed by atoms with Gasteiger partial charge in [0.1, 0.15) is 5.15 Å². The maximum Gasteiger partial charge on any atom is 0.148 e. The van der Waals surface area contributed by atoms with Crippen LogP contribution in [0.3, 0.4) is 0 Å². The number of nitrogens with zero attached hydrogens (tertiary/aromatic N) is 2. The molecule has 0 fully saturated rings. The molecule has 2 nitrogen and oxygen atoms in total. The number of halogens is 3. The molecule has 2 aromatic heterocycles. The van der Waals surface area contributed by atoms with Gasteiger partial charge in [0, 0.05) is 17.2 Å². The van der Waals surface area contributed by atoms with Crippen molar-refractivity contribution >= 4 is 46.1 Å². The van der Waals surface area contributed by atoms with E-state index in [2.05, 4.69) is 36.1 Å². The lowest BCUT2D eigenvalue weighted by molar-refractivity contribution is 0.571. The zero-order chi connectivity index (χ0) is 14.2. The van der Waals surface area contributed by atoms with Gasteiger partial charge in [0.2, 0.25) is 0 Å². The molecule has 0 unspecified atom stereocenters. The second-order valence-electron chi connectivity index (χ2n) is 5.24. The highest BCUT2D eigenvalue weighted by molar-refractivity contribution is 7.09. The number of rotatable bonds is 2. The smallest absolute Gasteiger partial charge is 0.148 e. The Kier molecular flexibility index (Phi) is 4.41. The summed E-state index contributed by atoms with van der Waals surface area (Å²) in [5.74, 6) is 0. The molecule has 0 amide bonds. The van der Waals surface area contributed by atoms with Crippen molar-refractivity contribution in [3.63, 3.8) is 0 Å². The van der Waals surface area contributed by atoms with Crippen LogP contribution in [-0.4, -0.2) is 9.97 Å². The van der Waals surface area contributed by atoms with Crippen molar-refractivity contribution in [1.82, 2.24) is 9.97 Å². The predicted molar refractivity (Wildman–Crippen MR) is 82.9 cm³/mol. The van der Waals surface area contributed by atoms with Gasteiger partial charge < -0.3 is 0 Å². The van der Waals surface area contributed by atoms with Gasteiger partial charge in [0.25, 0.3) is 0 Å². The largest absolute Gasteiger partial charge is 0.245 e. The van der Waals surface area contributed by atoms with Gasteiger partial charge in [-0.05, 0) is 6.07 Å². The van der Waals surface area contributed by atoms with E-state index >= 15 is 0 Å². The Bertz CT molecular complexity index is 602. The summed E-state index contributed by atoms with van der Waals surface area (Å²) < 4.78 is 0. The third kappa shape index (κ3) is 3.60. The molecule has 0 radical (unpaired) electrons. The van der Waals surface area contributed by atoms with Crippen LogP contribution in [0.2, 0.25) is 15.2 Å². The molecule has 0 N–H and O–H groups in total. The summed E-state index contributed by atoms with van der Waals surface area (Å²) in [5.41, 5.74) is 1.82. The molecule has 6 heteroatoms. The first-order chi connectivity index (χ1) is 8.77. The summed E-state index contributed by atoms with van der Waals surface area (Å²) in [6.45, 7) is 6.41. The Labute approximate surface area is 131 Å². The molecule has 0 spiro atoms. The standard InChI is InChI=1S/C13H13Cl3N2S/c1-13(2,3)10-6-19-11(18-10)5-9-7(14)4-8(15)12(16)17-9/h4,6H,5H2,1-3H3. The van der Waals surface area contributed by atoms with Gasteiger partial charge in [0.05, 0.1) is 26.4 Å². The lowest BCUT2D eigenvalue weighted by Crippen LogP contribution is -2.11. The molecule has 0 bridgehead atoms. The minimum Gasteiger partial charge on any atom is -0.245 e. The highest BCUT2D eigenvalue weighted by Crippen LogP contribution is 2.29. The number of aromatic nitrogens is 2. The van der Waals surface area contributed by atoms with Crippen molar-refractivity contribution in [2.75, 3.05) is 0 Å². The van der Waals surface area contributed by atoms with Gasteiger partial charge in [-0.3, -0.25) is 0 Å². The van der Waals surface area contributed by atoms with Crippen molar-refractivity contribution in [3.05, 3.63) is 43.0 Å². The zero-order valence-corrected chi connectivity index (χ0v) is 13.9. The fourth-order valence-corrected chi connectivity index (χ4v) is 3.09. The molecule has 2 heterocycles. The lowest BCUT2D eigenvalue weighted by Gasteiger charge is -2.14. The van der Waals surface area contributed by atoms with E-state index < -0.39 is 0 Å². The van der Waals surface area contributed by atoms with Gasteiger partial charge in [0.15, 0.2) is 0 Å². The fourth-order valence-electron chi connectivity index (χ4n) is 1.48. The van der Waals surface area contributed by atoms with Crippen LogP contribution in [-0.2, 0) is 11.8 Å². The third-order valence-electron chi connectivity index (χ3n) is 2.60. The van der Waals surface area contributed by atoms with Crippen molar-refractivity contribution in [2.24, 2.45) is 0 Å². The molecule has 0 saturated carbocycles. The second kappa shape index (κ2) is 5.57. The van der Waals surface area contributed by atoms with Gasteiger partial charge in [-0.2, -0.15) is 0 Å². The second-order valence-corrected chi connectivity index (χ2v) is 7.36. The molecule has 0 aliphatic rings. The van der Waals surface area contributed by atoms with Crippen LogP contribution in [0.25, 0.3) is 0 Å². The average molecular weight is 336 g/mol. The summed E-state index contributed by atoms with van der Waals surface area (Å²) in [6, 6.07) is 1.62. The number of hydrogen-bond acceptors (Lipinski definition) is 3. The Hall–Kier alpha value is -0.350. The predicted octanol–water partition coefficient (Wildman–Crippen LogP) is 5.39. The van der Waals surface area contributed by atoms with Gasteiger partial charge in [-0.1, -0.05) is 55.6 Å². The van der Waals surface area contributed by atoms with E-state index in [0.717, 1.165) is 10.7 Å². The van der Waals surface area contributed by atoms with Crippen LogP contribution in [0.5, 0.6) is 0 Å². The van der Waals surface area contributed by atoms with E-state index in [0.29, 0.717) is 22.2 Å². The van der Waals surface area contributed by atoms with Crippen molar-refractivity contribution < 1.29 is 0 Å². The molecule has 102 valence electrons. The summed E-state index contributed by atoms with van der Waals surface area (Å²) in [5, 5.41) is 4.19. The molecular formula is C13H13Cl3N2S. The molecule has 0 saturated heterocycles. The minimum atomic E-state index is 0.0453. The minimum absolute atomic E-state index is 0.0453. The van der Waals surface area contributed by atoms with Gasteiger partial charge >= 0.3 is 0 Å². The molecule has 2 rings (SSSR count). The number of thiazole rings is 1. The summed E-state index contributed by atoms with van der Waals surface area (Å²) >= 11 is 19.5. The first-order valence-corrected chi connectivity index (χ1v) is 7.74. The SMILES string of the molecule is CC(C)(C)c1csc(Cc2nc(Cl)c(Cl)cc2Cl)n1. The van der Waals surface area contributed by atoms with Crippen molar-refractivity contribution in [1.29, 1.82) is 0 Å². The highest BCUT2D eigenvalue weighted by Gasteiger charge is 2.18. The van der Waals surface area contributed by atoms with Gasteiger partial charge in [-0.25, -0.2) is 9.97 Å². The number of hydrogen-bond donors (Lipinski definition) is 0. The highest BCUT2D eigenvalue weighted by atomic mass is 35.5. The van der Waals surface area contributed by atoms with Crippen LogP contribution in [0.1, 0.15) is 37.2 Å². The van der Waals surface area contributed by atoms with Crippen LogP contribution < -0.4 is 0 Å². The van der Waals surface area contributed by atoms with Crippen molar-refractivity contribution in [2.45, 2.75) is 32.6 Å². The summed E-state index contributed by atoms with van der Waals surface area (Å²) in [7, 11) is 0. The van der Waals surface area contributed by atoms with E-state index in [4.69, 9.17) is 34.8 Å². The van der Waals surface area contributed by atoms with E-state index in [1.54, 1.807) is 17.4 Å². The number of pyridine rings is 1. The molecular weight excluding hydrogens is 323 g/mol. The van der Waals surface area contributed by atoms with Crippen LogP contribution in [0.4, 0.5) is 0 Å². The first kappa shape index (κ1) is 15.0. The van der Waals surface area contributed by atoms with Crippen LogP contribution >= 0.6 is 46.1 Å². The van der Waals surface area contributed by atoms with E-state index in [-0.39, 0.29) is 10.6 Å². The third-order valence-corrected chi connectivity index (χ3v) is 4.45. The quantitative estimate of drug-likeness (QED) is 0.688. The Morgan fingerprint density at radius 3 is 2.37 bits per heavy atom. The zero-order valence-electron chi connectivity index (χ0n) is 10.8. The van der Waals surface area contributed by atoms with E-state index in [1.807, 2.05) is 0 Å². The Balaban J connectivity index is 2.27. The van der Waals surface area contributed by atoms with Crippen molar-refractivity contribution in [3.8, 4) is 0 Å². The maximum atomic E-state index is 6.12. The van der Waals surface area contributed by atoms with E-state index in [9.17, 15) is 0 Å². The van der Waals surface area contributed by atoms with E-state index in [1.165, 1.54) is 0 Å². The first-order valence-electron chi connectivity index (χ1n) is 5.72. The molecule has 0 aliphatic carbocycles. The van der Waals surface area contributed by atoms with Crippen LogP contribution in [0.15, 0.2) is 11.4 Å². The fraction of sp³-hybridized carbons (Fsp3) is 0.385. The molecule has 0 aliphatic heterocycles. The molecule has 0 atom stereocenters. The topological polar surface area (TPSA) is 25.8 Å². The normalized spacial score (nSPS) is 11.9. The van der Waals surface area contributed by atoms with Gasteiger partial charge in [-0.15, -0.1) is 11.3 Å². The molecule has 19 heavy (non-hydrogen) atoms. The Morgan fingerprint density at radius 1 is 1.11 bits per heavy atom. The molecule has 0 aromatic carbocycles. The summed E-state index contributed by atoms with van der Waals surface area (Å²) in [6.07, 6.45) is 0.566. The maximum absolute atomic E-state index is 6.12. The Morgan fingerprint density at radius 2 is 1.79 bits per heavy atom. The molecule has 2 aromatic rings.